The Morgan fingerprint density at radius 1 is 1.17 bits per heavy atom. The summed E-state index contributed by atoms with van der Waals surface area (Å²) >= 11 is 1.46. The third-order valence-corrected chi connectivity index (χ3v) is 5.29. The number of anilines is 1. The molecule has 150 valence electrons. The lowest BCUT2D eigenvalue weighted by Gasteiger charge is -2.05. The van der Waals surface area contributed by atoms with Crippen LogP contribution in [0.2, 0.25) is 0 Å². The fourth-order valence-electron chi connectivity index (χ4n) is 3.07. The fourth-order valence-corrected chi connectivity index (χ4v) is 3.74. The Hall–Kier alpha value is -3.78. The van der Waals surface area contributed by atoms with E-state index in [1.165, 1.54) is 11.3 Å². The molecule has 4 rings (SSSR count). The standard InChI is InChI=1S/C22H18N4O3S/c1-14-10-18(15(2)20(11-14)26(27)28)21-9-8-17(29-21)12-23-25-22-24-19(13-30-22)16-6-4-3-5-7-16/h3-13H,1-2H3,(H,24,25). The number of aromatic nitrogens is 1. The number of furan rings is 1. The van der Waals surface area contributed by atoms with E-state index in [2.05, 4.69) is 15.5 Å². The maximum atomic E-state index is 11.3. The highest BCUT2D eigenvalue weighted by Crippen LogP contribution is 2.32. The summed E-state index contributed by atoms with van der Waals surface area (Å²) in [5.41, 5.74) is 6.98. The van der Waals surface area contributed by atoms with Gasteiger partial charge in [0.05, 0.1) is 16.8 Å². The van der Waals surface area contributed by atoms with E-state index in [4.69, 9.17) is 4.42 Å². The zero-order chi connectivity index (χ0) is 21.1. The highest BCUT2D eigenvalue weighted by molar-refractivity contribution is 7.14. The molecule has 0 radical (unpaired) electrons. The Morgan fingerprint density at radius 3 is 2.73 bits per heavy atom. The van der Waals surface area contributed by atoms with Crippen LogP contribution in [0.3, 0.4) is 0 Å². The van der Waals surface area contributed by atoms with Crippen molar-refractivity contribution in [2.24, 2.45) is 5.10 Å². The molecule has 7 nitrogen and oxygen atoms in total. The molecule has 0 amide bonds. The Bertz CT molecular complexity index is 1230. The molecular formula is C22H18N4O3S. The third kappa shape index (κ3) is 4.13. The van der Waals surface area contributed by atoms with Gasteiger partial charge < -0.3 is 4.42 Å². The molecule has 0 saturated carbocycles. The van der Waals surface area contributed by atoms with Gasteiger partial charge in [-0.3, -0.25) is 15.5 Å². The van der Waals surface area contributed by atoms with Gasteiger partial charge in [-0.15, -0.1) is 11.3 Å². The van der Waals surface area contributed by atoms with Crippen molar-refractivity contribution in [2.45, 2.75) is 13.8 Å². The molecule has 2 aromatic carbocycles. The molecule has 0 aliphatic rings. The molecule has 1 N–H and O–H groups in total. The van der Waals surface area contributed by atoms with E-state index in [0.717, 1.165) is 16.8 Å². The molecule has 0 saturated heterocycles. The number of nitrogens with one attached hydrogen (secondary N) is 1. The maximum Gasteiger partial charge on any atom is 0.273 e. The van der Waals surface area contributed by atoms with E-state index in [1.54, 1.807) is 31.3 Å². The minimum atomic E-state index is -0.376. The van der Waals surface area contributed by atoms with Crippen LogP contribution in [0.5, 0.6) is 0 Å². The van der Waals surface area contributed by atoms with Crippen LogP contribution in [-0.4, -0.2) is 16.1 Å². The predicted octanol–water partition coefficient (Wildman–Crippen LogP) is 6.04. The summed E-state index contributed by atoms with van der Waals surface area (Å²) < 4.78 is 5.82. The van der Waals surface area contributed by atoms with E-state index < -0.39 is 0 Å². The normalized spacial score (nSPS) is 11.1. The molecule has 4 aromatic rings. The van der Waals surface area contributed by atoms with Gasteiger partial charge in [0.2, 0.25) is 5.13 Å². The van der Waals surface area contributed by atoms with Crippen LogP contribution in [-0.2, 0) is 0 Å². The average Bonchev–Trinajstić information content (AvgIpc) is 3.40. The number of thiazole rings is 1. The zero-order valence-corrected chi connectivity index (χ0v) is 17.1. The predicted molar refractivity (Wildman–Crippen MR) is 119 cm³/mol. The summed E-state index contributed by atoms with van der Waals surface area (Å²) in [6, 6.07) is 16.9. The van der Waals surface area contributed by atoms with Gasteiger partial charge in [0.25, 0.3) is 5.69 Å². The molecule has 0 bridgehead atoms. The summed E-state index contributed by atoms with van der Waals surface area (Å²) in [7, 11) is 0. The second-order valence-electron chi connectivity index (χ2n) is 6.69. The van der Waals surface area contributed by atoms with Gasteiger partial charge in [-0.1, -0.05) is 30.3 Å². The first-order valence-electron chi connectivity index (χ1n) is 9.17. The number of rotatable bonds is 6. The van der Waals surface area contributed by atoms with Gasteiger partial charge >= 0.3 is 0 Å². The van der Waals surface area contributed by atoms with Crippen LogP contribution in [0, 0.1) is 24.0 Å². The monoisotopic (exact) mass is 418 g/mol. The van der Waals surface area contributed by atoms with E-state index in [9.17, 15) is 10.1 Å². The minimum absolute atomic E-state index is 0.0799. The Labute approximate surface area is 176 Å². The first-order valence-corrected chi connectivity index (χ1v) is 10.0. The average molecular weight is 418 g/mol. The van der Waals surface area contributed by atoms with Crippen LogP contribution in [0.25, 0.3) is 22.6 Å². The molecule has 0 spiro atoms. The lowest BCUT2D eigenvalue weighted by molar-refractivity contribution is -0.385. The lowest BCUT2D eigenvalue weighted by atomic mass is 10.0. The Balaban J connectivity index is 1.49. The summed E-state index contributed by atoms with van der Waals surface area (Å²) in [6.07, 6.45) is 1.55. The van der Waals surface area contributed by atoms with Crippen LogP contribution >= 0.6 is 11.3 Å². The molecule has 0 atom stereocenters. The summed E-state index contributed by atoms with van der Waals surface area (Å²) in [5, 5.41) is 18.1. The number of hydrazone groups is 1. The topological polar surface area (TPSA) is 93.6 Å². The van der Waals surface area contributed by atoms with E-state index in [0.29, 0.717) is 27.8 Å². The fraction of sp³-hybridized carbons (Fsp3) is 0.0909. The number of nitrogens with zero attached hydrogens (tertiary/aromatic N) is 3. The molecule has 0 unspecified atom stereocenters. The quantitative estimate of drug-likeness (QED) is 0.234. The highest BCUT2D eigenvalue weighted by Gasteiger charge is 2.18. The first kappa shape index (κ1) is 19.5. The SMILES string of the molecule is Cc1cc(-c2ccc(C=NNc3nc(-c4ccccc4)cs3)o2)c(C)c([N+](=O)[O-])c1. The van der Waals surface area contributed by atoms with E-state index in [-0.39, 0.29) is 10.6 Å². The van der Waals surface area contributed by atoms with Gasteiger partial charge in [-0.2, -0.15) is 5.10 Å². The number of nitro benzene ring substituents is 1. The third-order valence-electron chi connectivity index (χ3n) is 4.54. The van der Waals surface area contributed by atoms with Crippen molar-refractivity contribution in [1.29, 1.82) is 0 Å². The largest absolute Gasteiger partial charge is 0.455 e. The second kappa shape index (κ2) is 8.30. The van der Waals surface area contributed by atoms with Gasteiger partial charge in [0.15, 0.2) is 0 Å². The van der Waals surface area contributed by atoms with Crippen molar-refractivity contribution in [3.05, 3.63) is 87.0 Å². The number of aryl methyl sites for hydroxylation is 1. The van der Waals surface area contributed by atoms with Crippen LogP contribution < -0.4 is 5.43 Å². The molecule has 0 aliphatic heterocycles. The zero-order valence-electron chi connectivity index (χ0n) is 16.3. The van der Waals surface area contributed by atoms with E-state index in [1.807, 2.05) is 48.7 Å². The molecule has 0 fully saturated rings. The molecule has 0 aliphatic carbocycles. The van der Waals surface area contributed by atoms with Crippen molar-refractivity contribution in [3.63, 3.8) is 0 Å². The number of hydrogen-bond donors (Lipinski definition) is 1. The van der Waals surface area contributed by atoms with Gasteiger partial charge in [-0.05, 0) is 37.6 Å². The smallest absolute Gasteiger partial charge is 0.273 e. The minimum Gasteiger partial charge on any atom is -0.455 e. The number of hydrogen-bond acceptors (Lipinski definition) is 7. The lowest BCUT2D eigenvalue weighted by Crippen LogP contribution is -1.95. The number of benzene rings is 2. The van der Waals surface area contributed by atoms with Crippen molar-refractivity contribution >= 4 is 28.4 Å². The molecule has 2 heterocycles. The van der Waals surface area contributed by atoms with Crippen molar-refractivity contribution < 1.29 is 9.34 Å². The molecule has 8 heteroatoms. The maximum absolute atomic E-state index is 11.3. The molecule has 30 heavy (non-hydrogen) atoms. The summed E-state index contributed by atoms with van der Waals surface area (Å²) in [4.78, 5) is 15.4. The van der Waals surface area contributed by atoms with Crippen molar-refractivity contribution in [2.75, 3.05) is 5.43 Å². The Kier molecular flexibility index (Phi) is 5.40. The van der Waals surface area contributed by atoms with E-state index >= 15 is 0 Å². The molecule has 2 aromatic heterocycles. The second-order valence-corrected chi connectivity index (χ2v) is 7.55. The van der Waals surface area contributed by atoms with Gasteiger partial charge in [0, 0.05) is 28.1 Å². The first-order chi connectivity index (χ1) is 14.5. The Morgan fingerprint density at radius 2 is 1.97 bits per heavy atom. The summed E-state index contributed by atoms with van der Waals surface area (Å²) in [5.74, 6) is 1.09. The molecular weight excluding hydrogens is 400 g/mol. The van der Waals surface area contributed by atoms with Gasteiger partial charge in [0.1, 0.15) is 11.5 Å². The number of nitro groups is 1. The van der Waals surface area contributed by atoms with Crippen LogP contribution in [0.1, 0.15) is 16.9 Å². The van der Waals surface area contributed by atoms with Crippen molar-refractivity contribution in [1.82, 2.24) is 4.98 Å². The van der Waals surface area contributed by atoms with Crippen LogP contribution in [0.15, 0.2) is 69.5 Å². The summed E-state index contributed by atoms with van der Waals surface area (Å²) in [6.45, 7) is 3.54. The van der Waals surface area contributed by atoms with Crippen LogP contribution in [0.4, 0.5) is 10.8 Å². The highest BCUT2D eigenvalue weighted by atomic mass is 32.1. The van der Waals surface area contributed by atoms with Crippen molar-refractivity contribution in [3.8, 4) is 22.6 Å². The van der Waals surface area contributed by atoms with Gasteiger partial charge in [-0.25, -0.2) is 4.98 Å².